The number of nitrogens with zero attached hydrogens (tertiary/aromatic N) is 1. The summed E-state index contributed by atoms with van der Waals surface area (Å²) in [7, 11) is 1.43. The van der Waals surface area contributed by atoms with Crippen LogP contribution >= 0.6 is 0 Å². The SMILES string of the molecule is CCC(C)(C)C(=O)OCOc1ccc(C(=O)Oc2ccc(/C=C/C(=O)OCCC#N)cc2OC)cc1. The molecule has 0 fully saturated rings. The molecule has 0 amide bonds. The van der Waals surface area contributed by atoms with Crippen LogP contribution in [-0.4, -0.2) is 38.4 Å². The number of ether oxygens (including phenoxy) is 5. The van der Waals surface area contributed by atoms with Crippen LogP contribution in [0.5, 0.6) is 17.2 Å². The summed E-state index contributed by atoms with van der Waals surface area (Å²) in [4.78, 5) is 36.2. The Balaban J connectivity index is 1.95. The van der Waals surface area contributed by atoms with Crippen molar-refractivity contribution < 1.29 is 38.1 Å². The monoisotopic (exact) mass is 495 g/mol. The molecule has 2 aromatic rings. The highest BCUT2D eigenvalue weighted by atomic mass is 16.7. The molecule has 0 unspecified atom stereocenters. The molecule has 0 aliphatic heterocycles. The largest absolute Gasteiger partial charge is 0.493 e. The van der Waals surface area contributed by atoms with E-state index in [2.05, 4.69) is 0 Å². The minimum atomic E-state index is -0.611. The second kappa shape index (κ2) is 13.5. The average Bonchev–Trinajstić information content (AvgIpc) is 2.88. The van der Waals surface area contributed by atoms with E-state index in [4.69, 9.17) is 28.9 Å². The van der Waals surface area contributed by atoms with E-state index in [9.17, 15) is 14.4 Å². The Kier molecular flexibility index (Phi) is 10.5. The molecular weight excluding hydrogens is 466 g/mol. The molecular formula is C27H29NO8. The van der Waals surface area contributed by atoms with Gasteiger partial charge in [0.1, 0.15) is 12.4 Å². The Hall–Kier alpha value is -4.32. The molecule has 0 saturated heterocycles. The van der Waals surface area contributed by atoms with E-state index in [0.717, 1.165) is 0 Å². The average molecular weight is 496 g/mol. The number of methoxy groups -OCH3 is 1. The van der Waals surface area contributed by atoms with Crippen LogP contribution in [0.3, 0.4) is 0 Å². The lowest BCUT2D eigenvalue weighted by atomic mass is 9.91. The first kappa shape index (κ1) is 27.9. The highest BCUT2D eigenvalue weighted by Crippen LogP contribution is 2.29. The van der Waals surface area contributed by atoms with E-state index < -0.39 is 17.4 Å². The lowest BCUT2D eigenvalue weighted by Crippen LogP contribution is -2.27. The molecule has 0 aliphatic carbocycles. The fraction of sp³-hybridized carbons (Fsp3) is 0.333. The Morgan fingerprint density at radius 1 is 1.03 bits per heavy atom. The molecule has 0 heterocycles. The van der Waals surface area contributed by atoms with Gasteiger partial charge in [-0.15, -0.1) is 0 Å². The Labute approximate surface area is 210 Å². The van der Waals surface area contributed by atoms with Crippen molar-refractivity contribution >= 4 is 24.0 Å². The number of nitriles is 1. The molecule has 9 nitrogen and oxygen atoms in total. The standard InChI is InChI=1S/C27H29NO8/c1-5-27(2,3)26(31)35-18-34-21-11-9-20(10-12-21)25(30)36-22-13-7-19(17-23(22)32-4)8-14-24(29)33-16-6-15-28/h7-14,17H,5-6,16,18H2,1-4H3/b14-8+. The van der Waals surface area contributed by atoms with Gasteiger partial charge in [0.05, 0.1) is 30.6 Å². The zero-order chi connectivity index (χ0) is 26.6. The number of carbonyl (C=O) groups is 3. The second-order valence-electron chi connectivity index (χ2n) is 8.16. The van der Waals surface area contributed by atoms with Crippen molar-refractivity contribution in [3.8, 4) is 23.3 Å². The summed E-state index contributed by atoms with van der Waals surface area (Å²) in [6.07, 6.45) is 3.51. The molecule has 0 aromatic heterocycles. The van der Waals surface area contributed by atoms with Crippen molar-refractivity contribution in [3.63, 3.8) is 0 Å². The maximum absolute atomic E-state index is 12.6. The number of hydrogen-bond acceptors (Lipinski definition) is 9. The van der Waals surface area contributed by atoms with Gasteiger partial charge in [-0.1, -0.05) is 13.0 Å². The van der Waals surface area contributed by atoms with Gasteiger partial charge in [0.15, 0.2) is 11.5 Å². The predicted octanol–water partition coefficient (Wildman–Crippen LogP) is 4.70. The third kappa shape index (κ3) is 8.47. The van der Waals surface area contributed by atoms with Crippen molar-refractivity contribution in [1.29, 1.82) is 5.26 Å². The minimum Gasteiger partial charge on any atom is -0.493 e. The van der Waals surface area contributed by atoms with Crippen molar-refractivity contribution in [2.45, 2.75) is 33.6 Å². The van der Waals surface area contributed by atoms with Crippen LogP contribution in [-0.2, 0) is 19.1 Å². The van der Waals surface area contributed by atoms with E-state index in [1.165, 1.54) is 31.4 Å². The molecule has 0 N–H and O–H groups in total. The fourth-order valence-corrected chi connectivity index (χ4v) is 2.62. The van der Waals surface area contributed by atoms with Crippen molar-refractivity contribution in [2.24, 2.45) is 5.41 Å². The van der Waals surface area contributed by atoms with E-state index >= 15 is 0 Å². The van der Waals surface area contributed by atoms with E-state index in [0.29, 0.717) is 23.5 Å². The molecule has 0 atom stereocenters. The van der Waals surface area contributed by atoms with Crippen molar-refractivity contribution in [2.75, 3.05) is 20.5 Å². The van der Waals surface area contributed by atoms with Gasteiger partial charge in [-0.3, -0.25) is 4.79 Å². The normalized spacial score (nSPS) is 10.9. The van der Waals surface area contributed by atoms with Gasteiger partial charge in [-0.25, -0.2) is 9.59 Å². The molecule has 2 aromatic carbocycles. The number of hydrogen-bond donors (Lipinski definition) is 0. The van der Waals surface area contributed by atoms with Crippen LogP contribution in [0, 0.1) is 16.7 Å². The maximum atomic E-state index is 12.6. The van der Waals surface area contributed by atoms with Crippen LogP contribution < -0.4 is 14.2 Å². The molecule has 0 saturated carbocycles. The molecule has 2 rings (SSSR count). The minimum absolute atomic E-state index is 0.0236. The van der Waals surface area contributed by atoms with Crippen LogP contribution in [0.2, 0.25) is 0 Å². The summed E-state index contributed by atoms with van der Waals surface area (Å²) in [6.45, 7) is 5.29. The highest BCUT2D eigenvalue weighted by molar-refractivity contribution is 5.91. The van der Waals surface area contributed by atoms with Crippen LogP contribution in [0.4, 0.5) is 0 Å². The third-order valence-corrected chi connectivity index (χ3v) is 5.20. The zero-order valence-electron chi connectivity index (χ0n) is 20.7. The number of esters is 3. The fourth-order valence-electron chi connectivity index (χ4n) is 2.62. The first-order valence-corrected chi connectivity index (χ1v) is 11.2. The van der Waals surface area contributed by atoms with E-state index in [-0.39, 0.29) is 37.1 Å². The third-order valence-electron chi connectivity index (χ3n) is 5.20. The quantitative estimate of drug-likeness (QED) is 0.136. The van der Waals surface area contributed by atoms with Crippen molar-refractivity contribution in [1.82, 2.24) is 0 Å². The molecule has 0 bridgehead atoms. The highest BCUT2D eigenvalue weighted by Gasteiger charge is 2.27. The lowest BCUT2D eigenvalue weighted by molar-refractivity contribution is -0.160. The smallest absolute Gasteiger partial charge is 0.343 e. The first-order valence-electron chi connectivity index (χ1n) is 11.2. The second-order valence-corrected chi connectivity index (χ2v) is 8.16. The van der Waals surface area contributed by atoms with Gasteiger partial charge in [0, 0.05) is 6.08 Å². The lowest BCUT2D eigenvalue weighted by Gasteiger charge is -2.20. The molecule has 0 aliphatic rings. The number of benzene rings is 2. The van der Waals surface area contributed by atoms with Crippen molar-refractivity contribution in [3.05, 3.63) is 59.7 Å². The molecule has 190 valence electrons. The Bertz CT molecular complexity index is 1130. The molecule has 36 heavy (non-hydrogen) atoms. The van der Waals surface area contributed by atoms with Crippen LogP contribution in [0.15, 0.2) is 48.5 Å². The van der Waals surface area contributed by atoms with Gasteiger partial charge < -0.3 is 23.7 Å². The predicted molar refractivity (Wildman–Crippen MR) is 130 cm³/mol. The van der Waals surface area contributed by atoms with Gasteiger partial charge in [-0.05, 0) is 68.3 Å². The van der Waals surface area contributed by atoms with Crippen LogP contribution in [0.25, 0.3) is 6.08 Å². The van der Waals surface area contributed by atoms with Gasteiger partial charge in [0.2, 0.25) is 6.79 Å². The molecule has 0 spiro atoms. The van der Waals surface area contributed by atoms with Gasteiger partial charge in [-0.2, -0.15) is 5.26 Å². The summed E-state index contributed by atoms with van der Waals surface area (Å²) in [6, 6.07) is 12.8. The zero-order valence-corrected chi connectivity index (χ0v) is 20.7. The summed E-state index contributed by atoms with van der Waals surface area (Å²) in [5.74, 6) is -0.623. The van der Waals surface area contributed by atoms with Gasteiger partial charge >= 0.3 is 17.9 Å². The molecule has 0 radical (unpaired) electrons. The summed E-state index contributed by atoms with van der Waals surface area (Å²) in [5, 5.41) is 8.47. The summed E-state index contributed by atoms with van der Waals surface area (Å²) in [5.41, 5.74) is 0.308. The topological polar surface area (TPSA) is 121 Å². The summed E-state index contributed by atoms with van der Waals surface area (Å²) < 4.78 is 26.2. The summed E-state index contributed by atoms with van der Waals surface area (Å²) >= 11 is 0. The Morgan fingerprint density at radius 3 is 2.39 bits per heavy atom. The first-order chi connectivity index (χ1) is 17.2. The molecule has 9 heteroatoms. The van der Waals surface area contributed by atoms with E-state index in [1.54, 1.807) is 44.2 Å². The number of rotatable bonds is 12. The van der Waals surface area contributed by atoms with Crippen LogP contribution in [0.1, 0.15) is 49.5 Å². The number of carbonyl (C=O) groups excluding carboxylic acids is 3. The van der Waals surface area contributed by atoms with Gasteiger partial charge in [0.25, 0.3) is 0 Å². The van der Waals surface area contributed by atoms with E-state index in [1.807, 2.05) is 13.0 Å². The Morgan fingerprint density at radius 2 is 1.75 bits per heavy atom. The maximum Gasteiger partial charge on any atom is 0.343 e.